The molecule has 2 rings (SSSR count). The smallest absolute Gasteiger partial charge is 0.134 e. The fourth-order valence-electron chi connectivity index (χ4n) is 1.15. The van der Waals surface area contributed by atoms with Crippen molar-refractivity contribution in [3.8, 4) is 0 Å². The van der Waals surface area contributed by atoms with E-state index in [0.717, 1.165) is 17.5 Å². The summed E-state index contributed by atoms with van der Waals surface area (Å²) in [4.78, 5) is 0.817. The second-order valence-corrected chi connectivity index (χ2v) is 3.58. The molecular weight excluding hydrogens is 192 g/mol. The molecule has 1 heterocycles. The summed E-state index contributed by atoms with van der Waals surface area (Å²) in [6.07, 6.45) is 1.88. The second kappa shape index (κ2) is 3.47. The van der Waals surface area contributed by atoms with E-state index in [1.54, 1.807) is 0 Å². The van der Waals surface area contributed by atoms with Gasteiger partial charge < -0.3 is 0 Å². The molecule has 0 unspecified atom stereocenters. The van der Waals surface area contributed by atoms with Gasteiger partial charge in [0, 0.05) is 23.1 Å². The van der Waals surface area contributed by atoms with Gasteiger partial charge in [-0.1, -0.05) is 6.08 Å². The van der Waals surface area contributed by atoms with Crippen LogP contribution in [0.2, 0.25) is 0 Å². The van der Waals surface area contributed by atoms with Crippen LogP contribution < -0.4 is 4.72 Å². The first-order valence-corrected chi connectivity index (χ1v) is 4.64. The van der Waals surface area contributed by atoms with Crippen LogP contribution in [0.4, 0.5) is 8.78 Å². The van der Waals surface area contributed by atoms with Crippen molar-refractivity contribution >= 4 is 16.9 Å². The number of hydrogen-bond acceptors (Lipinski definition) is 2. The number of halogens is 2. The lowest BCUT2D eigenvalue weighted by molar-refractivity contribution is 0.581. The van der Waals surface area contributed by atoms with Crippen molar-refractivity contribution in [3.05, 3.63) is 41.5 Å². The minimum atomic E-state index is -0.544. The Morgan fingerprint density at radius 3 is 2.77 bits per heavy atom. The highest BCUT2D eigenvalue weighted by Crippen LogP contribution is 2.30. The maximum atomic E-state index is 13.2. The van der Waals surface area contributed by atoms with E-state index in [1.807, 2.05) is 6.08 Å². The molecule has 68 valence electrons. The van der Waals surface area contributed by atoms with Gasteiger partial charge in [0.05, 0.1) is 0 Å². The first-order valence-electron chi connectivity index (χ1n) is 3.82. The van der Waals surface area contributed by atoms with Crippen molar-refractivity contribution in [1.29, 1.82) is 0 Å². The Morgan fingerprint density at radius 2 is 2.15 bits per heavy atom. The molecule has 0 spiro atoms. The average Bonchev–Trinajstić information content (AvgIpc) is 2.56. The van der Waals surface area contributed by atoms with Gasteiger partial charge in [0.15, 0.2) is 0 Å². The highest BCUT2D eigenvalue weighted by atomic mass is 32.2. The fraction of sp³-hybridized carbons (Fsp3) is 0.111. The largest absolute Gasteiger partial charge is 0.256 e. The summed E-state index contributed by atoms with van der Waals surface area (Å²) in [6.45, 7) is 0.719. The lowest BCUT2D eigenvalue weighted by Crippen LogP contribution is -1.93. The third-order valence-electron chi connectivity index (χ3n) is 1.75. The molecule has 0 saturated carbocycles. The van der Waals surface area contributed by atoms with Gasteiger partial charge in [0.2, 0.25) is 0 Å². The second-order valence-electron chi connectivity index (χ2n) is 2.64. The summed E-state index contributed by atoms with van der Waals surface area (Å²) >= 11 is 1.36. The fourth-order valence-corrected chi connectivity index (χ4v) is 1.91. The molecule has 4 heteroatoms. The minimum absolute atomic E-state index is 0.455. The average molecular weight is 199 g/mol. The van der Waals surface area contributed by atoms with Crippen LogP contribution in [-0.4, -0.2) is 6.54 Å². The van der Waals surface area contributed by atoms with E-state index in [9.17, 15) is 8.78 Å². The molecule has 0 atom stereocenters. The zero-order valence-electron chi connectivity index (χ0n) is 6.68. The Kier molecular flexibility index (Phi) is 2.33. The zero-order valence-corrected chi connectivity index (χ0v) is 7.50. The quantitative estimate of drug-likeness (QED) is 0.697. The van der Waals surface area contributed by atoms with E-state index in [2.05, 4.69) is 4.72 Å². The van der Waals surface area contributed by atoms with E-state index in [-0.39, 0.29) is 0 Å². The zero-order chi connectivity index (χ0) is 9.26. The summed E-state index contributed by atoms with van der Waals surface area (Å²) in [6, 6.07) is 3.61. The lowest BCUT2D eigenvalue weighted by Gasteiger charge is -2.02. The first kappa shape index (κ1) is 8.72. The summed E-state index contributed by atoms with van der Waals surface area (Å²) in [7, 11) is 0. The molecule has 1 aliphatic heterocycles. The van der Waals surface area contributed by atoms with Gasteiger partial charge in [-0.15, -0.1) is 0 Å². The molecule has 0 aliphatic carbocycles. The van der Waals surface area contributed by atoms with Crippen LogP contribution in [0.15, 0.2) is 24.3 Å². The molecule has 0 saturated heterocycles. The Morgan fingerprint density at radius 1 is 1.31 bits per heavy atom. The van der Waals surface area contributed by atoms with Crippen LogP contribution in [0.25, 0.3) is 4.91 Å². The van der Waals surface area contributed by atoms with Gasteiger partial charge in [-0.05, 0) is 24.1 Å². The van der Waals surface area contributed by atoms with Gasteiger partial charge in [-0.3, -0.25) is 4.72 Å². The monoisotopic (exact) mass is 199 g/mol. The molecule has 0 fully saturated rings. The van der Waals surface area contributed by atoms with E-state index in [0.29, 0.717) is 5.56 Å². The van der Waals surface area contributed by atoms with Gasteiger partial charge in [-0.25, -0.2) is 8.78 Å². The summed E-state index contributed by atoms with van der Waals surface area (Å²) in [5, 5.41) is 0. The summed E-state index contributed by atoms with van der Waals surface area (Å²) in [5.41, 5.74) is 0.455. The molecule has 13 heavy (non-hydrogen) atoms. The van der Waals surface area contributed by atoms with Crippen LogP contribution in [-0.2, 0) is 0 Å². The number of benzene rings is 1. The Balaban J connectivity index is 2.40. The van der Waals surface area contributed by atoms with Crippen molar-refractivity contribution < 1.29 is 8.78 Å². The molecular formula is C9H7F2NS. The molecule has 0 radical (unpaired) electrons. The van der Waals surface area contributed by atoms with Crippen LogP contribution >= 0.6 is 11.9 Å². The molecule has 1 aromatic rings. The van der Waals surface area contributed by atoms with Gasteiger partial charge in [0.1, 0.15) is 11.6 Å². The third-order valence-corrected chi connectivity index (χ3v) is 2.67. The molecule has 1 nitrogen and oxygen atoms in total. The molecule has 0 amide bonds. The van der Waals surface area contributed by atoms with E-state index in [1.165, 1.54) is 24.1 Å². The number of hydrogen-bond donors (Lipinski definition) is 1. The summed E-state index contributed by atoms with van der Waals surface area (Å²) < 4.78 is 28.7. The van der Waals surface area contributed by atoms with Crippen molar-refractivity contribution in [2.75, 3.05) is 6.54 Å². The van der Waals surface area contributed by atoms with Crippen LogP contribution in [0.3, 0.4) is 0 Å². The molecule has 0 bridgehead atoms. The van der Waals surface area contributed by atoms with Crippen molar-refractivity contribution in [3.63, 3.8) is 0 Å². The highest BCUT2D eigenvalue weighted by molar-refractivity contribution is 8.06. The van der Waals surface area contributed by atoms with Gasteiger partial charge in [-0.2, -0.15) is 0 Å². The van der Waals surface area contributed by atoms with Crippen molar-refractivity contribution in [2.24, 2.45) is 0 Å². The van der Waals surface area contributed by atoms with Gasteiger partial charge >= 0.3 is 0 Å². The predicted octanol–water partition coefficient (Wildman–Crippen LogP) is 2.56. The molecule has 0 aromatic heterocycles. The van der Waals surface area contributed by atoms with E-state index < -0.39 is 11.6 Å². The molecule has 1 aromatic carbocycles. The third kappa shape index (κ3) is 1.73. The van der Waals surface area contributed by atoms with Crippen LogP contribution in [0.1, 0.15) is 5.56 Å². The van der Waals surface area contributed by atoms with E-state index >= 15 is 0 Å². The first-order chi connectivity index (χ1) is 6.27. The predicted molar refractivity (Wildman–Crippen MR) is 49.9 cm³/mol. The van der Waals surface area contributed by atoms with Crippen LogP contribution in [0, 0.1) is 11.6 Å². The standard InChI is InChI=1S/C9H7F2NS/c10-6-1-2-7(8(11)5-6)9-3-4-12-13-9/h1-3,5,12H,4H2. The molecule has 1 aliphatic rings. The van der Waals surface area contributed by atoms with Crippen molar-refractivity contribution in [2.45, 2.75) is 0 Å². The van der Waals surface area contributed by atoms with Gasteiger partial charge in [0.25, 0.3) is 0 Å². The topological polar surface area (TPSA) is 12.0 Å². The maximum Gasteiger partial charge on any atom is 0.134 e. The number of rotatable bonds is 1. The van der Waals surface area contributed by atoms with E-state index in [4.69, 9.17) is 0 Å². The summed E-state index contributed by atoms with van der Waals surface area (Å²) in [5.74, 6) is -1.06. The maximum absolute atomic E-state index is 13.2. The normalized spacial score (nSPS) is 16.0. The Labute approximate surface area is 79.0 Å². The lowest BCUT2D eigenvalue weighted by atomic mass is 10.2. The molecule has 1 N–H and O–H groups in total. The van der Waals surface area contributed by atoms with Crippen LogP contribution in [0.5, 0.6) is 0 Å². The highest BCUT2D eigenvalue weighted by Gasteiger charge is 2.12. The Bertz CT molecular complexity index is 363. The SMILES string of the molecule is Fc1ccc(C2=CCNS2)c(F)c1. The number of nitrogens with one attached hydrogen (secondary N) is 1. The minimum Gasteiger partial charge on any atom is -0.256 e. The Hall–Kier alpha value is -0.870. The van der Waals surface area contributed by atoms with Crippen molar-refractivity contribution in [1.82, 2.24) is 4.72 Å².